The van der Waals surface area contributed by atoms with Crippen LogP contribution in [0.3, 0.4) is 0 Å². The molecule has 85 heavy (non-hydrogen) atoms. The van der Waals surface area contributed by atoms with Crippen molar-refractivity contribution in [1.82, 2.24) is 41.7 Å². The summed E-state index contributed by atoms with van der Waals surface area (Å²) in [4.78, 5) is 96.9. The lowest BCUT2D eigenvalue weighted by Gasteiger charge is -2.52. The van der Waals surface area contributed by atoms with Crippen LogP contribution in [0.2, 0.25) is 0 Å². The van der Waals surface area contributed by atoms with Gasteiger partial charge < -0.3 is 105 Å². The third-order valence-corrected chi connectivity index (χ3v) is 13.2. The van der Waals surface area contributed by atoms with Crippen LogP contribution in [0.5, 0.6) is 0 Å². The standard InChI is InChI=1S/C57H100N8O20/c1-51(2,3)80-45(70)59-27-36(66)43(69)61-35-24-34(63-48(73)83-54(10,11)12)37(38(67)41(35)79-44-39(68)42(57(19,76)29-77-44)64(20)49(74)84-55(13,14)15)40-33(62-47(72)82-53(7,8)9)22-21-32(78-40)26-58-25-31-23-30(60-46(71)81-52(4,5)6)28-65(31)50(75)85-56(16,17)18/h21,30-31,33-42,44,58,66-68,76H,22-29H2,1-20H3,(H,59,70)(H,60,71)(H,61,69)(H,62,72)(H,63,73)/t30-,31-,33+,34-,35+,36-,37?,38-,39+,40-,41-,42+,44+,57-/m0/s1. The molecule has 28 heteroatoms. The predicted octanol–water partition coefficient (Wildman–Crippen LogP) is 3.78. The van der Waals surface area contributed by atoms with Gasteiger partial charge in [-0.3, -0.25) is 4.79 Å². The lowest BCUT2D eigenvalue weighted by molar-refractivity contribution is -0.305. The van der Waals surface area contributed by atoms with E-state index in [9.17, 15) is 54.0 Å². The molecule has 4 aliphatic rings. The lowest BCUT2D eigenvalue weighted by atomic mass is 9.72. The molecule has 4 rings (SSSR count). The number of nitrogens with one attached hydrogen (secondary N) is 6. The van der Waals surface area contributed by atoms with E-state index < -0.39 is 174 Å². The summed E-state index contributed by atoms with van der Waals surface area (Å²) in [6.07, 6.45) is -13.7. The normalized spacial score (nSPS) is 28.9. The molecule has 3 aliphatic heterocycles. The Bertz CT molecular complexity index is 2350. The number of amides is 7. The first-order valence-electron chi connectivity index (χ1n) is 28.9. The molecule has 3 fully saturated rings. The Hall–Kier alpha value is -5.65. The van der Waals surface area contributed by atoms with Gasteiger partial charge in [-0.25, -0.2) is 28.8 Å². The molecule has 0 bridgehead atoms. The van der Waals surface area contributed by atoms with Gasteiger partial charge >= 0.3 is 36.6 Å². The number of carbonyl (C=O) groups is 7. The van der Waals surface area contributed by atoms with Crippen molar-refractivity contribution in [3.8, 4) is 0 Å². The smallest absolute Gasteiger partial charge is 0.410 e. The molecule has 0 radical (unpaired) electrons. The van der Waals surface area contributed by atoms with Crippen molar-refractivity contribution in [2.24, 2.45) is 5.92 Å². The summed E-state index contributed by atoms with van der Waals surface area (Å²) in [5, 5.41) is 65.0. The summed E-state index contributed by atoms with van der Waals surface area (Å²) in [6, 6.07) is -6.20. The van der Waals surface area contributed by atoms with Crippen molar-refractivity contribution in [3.05, 3.63) is 11.8 Å². The van der Waals surface area contributed by atoms with Crippen molar-refractivity contribution in [2.75, 3.05) is 39.8 Å². The van der Waals surface area contributed by atoms with Crippen LogP contribution in [0.25, 0.3) is 0 Å². The molecular formula is C57H100N8O20. The molecule has 28 nitrogen and oxygen atoms in total. The fraction of sp³-hybridized carbons (Fsp3) is 0.842. The van der Waals surface area contributed by atoms with Crippen molar-refractivity contribution in [1.29, 1.82) is 0 Å². The highest BCUT2D eigenvalue weighted by atomic mass is 16.7. The number of hydrogen-bond acceptors (Lipinski definition) is 21. The number of rotatable bonds is 15. The zero-order valence-corrected chi connectivity index (χ0v) is 53.5. The molecule has 1 unspecified atom stereocenters. The van der Waals surface area contributed by atoms with Crippen LogP contribution >= 0.6 is 0 Å². The maximum atomic E-state index is 14.1. The van der Waals surface area contributed by atoms with E-state index in [0.29, 0.717) is 6.42 Å². The quantitative estimate of drug-likeness (QED) is 0.104. The summed E-state index contributed by atoms with van der Waals surface area (Å²) in [6.45, 7) is 30.5. The summed E-state index contributed by atoms with van der Waals surface area (Å²) in [5.74, 6) is -2.15. The summed E-state index contributed by atoms with van der Waals surface area (Å²) in [7, 11) is 1.30. The van der Waals surface area contributed by atoms with Gasteiger partial charge in [0.2, 0.25) is 0 Å². The van der Waals surface area contributed by atoms with Crippen LogP contribution in [-0.4, -0.2) is 225 Å². The number of nitrogens with zero attached hydrogens (tertiary/aromatic N) is 2. The molecule has 488 valence electrons. The highest BCUT2D eigenvalue weighted by Gasteiger charge is 2.57. The number of aliphatic hydroxyl groups is 4. The third kappa shape index (κ3) is 23.2. The Labute approximate surface area is 500 Å². The monoisotopic (exact) mass is 1220 g/mol. The molecule has 2 saturated heterocycles. The van der Waals surface area contributed by atoms with E-state index in [1.54, 1.807) is 131 Å². The first-order chi connectivity index (χ1) is 38.6. The molecular weight excluding hydrogens is 1120 g/mol. The molecule has 0 aromatic rings. The van der Waals surface area contributed by atoms with Gasteiger partial charge in [0.25, 0.3) is 5.91 Å². The fourth-order valence-corrected chi connectivity index (χ4v) is 10.2. The number of alkyl carbamates (subject to hydrolysis) is 4. The second-order valence-corrected chi connectivity index (χ2v) is 28.5. The number of carbonyl (C=O) groups excluding carboxylic acids is 7. The van der Waals surface area contributed by atoms with Crippen molar-refractivity contribution in [3.63, 3.8) is 0 Å². The molecule has 14 atom stereocenters. The summed E-state index contributed by atoms with van der Waals surface area (Å²) < 4.78 is 52.8. The van der Waals surface area contributed by atoms with Crippen LogP contribution in [0.4, 0.5) is 28.8 Å². The van der Waals surface area contributed by atoms with Crippen molar-refractivity contribution in [2.45, 2.75) is 263 Å². The van der Waals surface area contributed by atoms with E-state index in [2.05, 4.69) is 31.9 Å². The van der Waals surface area contributed by atoms with Crippen LogP contribution in [0, 0.1) is 5.92 Å². The molecule has 0 aromatic heterocycles. The van der Waals surface area contributed by atoms with Gasteiger partial charge in [-0.1, -0.05) is 0 Å². The predicted molar refractivity (Wildman–Crippen MR) is 307 cm³/mol. The van der Waals surface area contributed by atoms with Crippen molar-refractivity contribution >= 4 is 42.5 Å². The van der Waals surface area contributed by atoms with Gasteiger partial charge in [0.15, 0.2) is 6.29 Å². The number of likely N-dealkylation sites (N-methyl/N-ethyl adjacent to an activating group) is 1. The zero-order valence-electron chi connectivity index (χ0n) is 53.5. The van der Waals surface area contributed by atoms with E-state index in [1.165, 1.54) is 18.9 Å². The highest BCUT2D eigenvalue weighted by Crippen LogP contribution is 2.39. The van der Waals surface area contributed by atoms with E-state index in [1.807, 2.05) is 0 Å². The van der Waals surface area contributed by atoms with E-state index in [-0.39, 0.29) is 38.2 Å². The van der Waals surface area contributed by atoms with Gasteiger partial charge in [0.05, 0.1) is 50.0 Å². The number of hydrogen-bond donors (Lipinski definition) is 10. The Morgan fingerprint density at radius 3 is 1.72 bits per heavy atom. The van der Waals surface area contributed by atoms with Gasteiger partial charge in [-0.15, -0.1) is 0 Å². The van der Waals surface area contributed by atoms with E-state index >= 15 is 0 Å². The minimum Gasteiger partial charge on any atom is -0.491 e. The van der Waals surface area contributed by atoms with Crippen LogP contribution in [0.15, 0.2) is 11.8 Å². The molecule has 0 spiro atoms. The second kappa shape index (κ2) is 28.0. The van der Waals surface area contributed by atoms with Gasteiger partial charge in [0.1, 0.15) is 69.4 Å². The highest BCUT2D eigenvalue weighted by molar-refractivity contribution is 5.82. The molecule has 3 heterocycles. The maximum Gasteiger partial charge on any atom is 0.410 e. The SMILES string of the molecule is CN(C(=O)OC(C)(C)C)[C@@H]1[C@@H](O)[C@@H](O[C@H]2[C@H](NC(=O)[C@@H](O)CNC(=O)OC(C)(C)C)C[C@H](NC(=O)OC(C)(C)C)C([C@H]3OC(CNC[C@@H]4C[C@H](NC(=O)OC(C)(C)C)CN4C(=O)OC(C)(C)C)=CC[C@H]3NC(=O)OC(C)(C)C)[C@@H]2O)OC[C@]1(C)O. The first-order valence-corrected chi connectivity index (χ1v) is 28.9. The molecule has 7 amide bonds. The van der Waals surface area contributed by atoms with E-state index in [0.717, 1.165) is 4.90 Å². The number of aliphatic hydroxyl groups excluding tert-OH is 3. The number of ether oxygens (including phenoxy) is 9. The summed E-state index contributed by atoms with van der Waals surface area (Å²) >= 11 is 0. The topological polar surface area (TPSA) is 362 Å². The van der Waals surface area contributed by atoms with Crippen LogP contribution < -0.4 is 31.9 Å². The Balaban J connectivity index is 1.81. The molecule has 10 N–H and O–H groups in total. The Morgan fingerprint density at radius 1 is 0.682 bits per heavy atom. The maximum absolute atomic E-state index is 14.1. The van der Waals surface area contributed by atoms with Crippen LogP contribution in [-0.2, 0) is 47.4 Å². The summed E-state index contributed by atoms with van der Waals surface area (Å²) in [5.41, 5.74) is -7.47. The van der Waals surface area contributed by atoms with Crippen molar-refractivity contribution < 1.29 is 96.6 Å². The van der Waals surface area contributed by atoms with Gasteiger partial charge in [-0.05, 0) is 157 Å². The zero-order chi connectivity index (χ0) is 64.7. The minimum absolute atomic E-state index is 0.00608. The molecule has 1 saturated carbocycles. The van der Waals surface area contributed by atoms with Crippen LogP contribution in [0.1, 0.15) is 151 Å². The number of likely N-dealkylation sites (tertiary alicyclic amines) is 1. The second-order valence-electron chi connectivity index (χ2n) is 28.5. The molecule has 0 aromatic carbocycles. The van der Waals surface area contributed by atoms with Gasteiger partial charge in [0, 0.05) is 38.1 Å². The third-order valence-electron chi connectivity index (χ3n) is 13.2. The first kappa shape index (κ1) is 71.8. The average molecular weight is 1220 g/mol. The van der Waals surface area contributed by atoms with Gasteiger partial charge in [-0.2, -0.15) is 0 Å². The Kier molecular flexibility index (Phi) is 23.7. The van der Waals surface area contributed by atoms with E-state index in [4.69, 9.17) is 42.6 Å². The molecule has 1 aliphatic carbocycles. The average Bonchev–Trinajstić information content (AvgIpc) is 1.70. The lowest BCUT2D eigenvalue weighted by Crippen LogP contribution is -2.71. The fourth-order valence-electron chi connectivity index (χ4n) is 10.2. The largest absolute Gasteiger partial charge is 0.491 e. The minimum atomic E-state index is -1.93. The Morgan fingerprint density at radius 2 is 1.19 bits per heavy atom.